The largest absolute Gasteiger partial charge is 0.360 e. The van der Waals surface area contributed by atoms with E-state index in [-0.39, 0.29) is 28.1 Å². The molecule has 0 radical (unpaired) electrons. The molecule has 5 rings (SSSR count). The van der Waals surface area contributed by atoms with Gasteiger partial charge in [-0.1, -0.05) is 30.3 Å². The molecular formula is C28H21N3O5. The summed E-state index contributed by atoms with van der Waals surface area (Å²) >= 11 is 0. The van der Waals surface area contributed by atoms with Crippen molar-refractivity contribution in [1.82, 2.24) is 10.3 Å². The Morgan fingerprint density at radius 1 is 0.861 bits per heavy atom. The summed E-state index contributed by atoms with van der Waals surface area (Å²) in [5, 5.41) is 5.59. The number of Topliss-reactive ketones (excluding diaryl/α,β-unsaturated/α-hetero) is 1. The number of amides is 2. The Morgan fingerprint density at radius 3 is 2.33 bits per heavy atom. The quantitative estimate of drug-likeness (QED) is 0.332. The van der Waals surface area contributed by atoms with Gasteiger partial charge in [-0.05, 0) is 55.3 Å². The van der Waals surface area contributed by atoms with Crippen LogP contribution in [0.25, 0.3) is 22.0 Å². The molecule has 8 heteroatoms. The molecule has 1 heterocycles. The molecule has 4 aromatic rings. The summed E-state index contributed by atoms with van der Waals surface area (Å²) in [7, 11) is 0. The van der Waals surface area contributed by atoms with E-state index >= 15 is 0 Å². The van der Waals surface area contributed by atoms with Crippen LogP contribution in [0.4, 0.5) is 5.69 Å². The van der Waals surface area contributed by atoms with E-state index in [4.69, 9.17) is 0 Å². The fourth-order valence-electron chi connectivity index (χ4n) is 4.32. The fraction of sp³-hybridized carbons (Fsp3) is 0.107. The minimum Gasteiger partial charge on any atom is -0.360 e. The molecule has 0 saturated heterocycles. The zero-order chi connectivity index (χ0) is 25.6. The SMILES string of the molecule is CC(=O)c1c[nH]c2ccc(NC(=O)[C@H](C)NC(=O)c3ccc4c(c3)C(=O)c3ccccc3-4)cc2c1=O. The molecule has 0 spiro atoms. The molecule has 0 unspecified atom stereocenters. The lowest BCUT2D eigenvalue weighted by atomic mass is 10.0. The molecule has 0 fully saturated rings. The third-order valence-electron chi connectivity index (χ3n) is 6.26. The summed E-state index contributed by atoms with van der Waals surface area (Å²) in [6, 6.07) is 16.0. The molecule has 1 aliphatic rings. The summed E-state index contributed by atoms with van der Waals surface area (Å²) < 4.78 is 0. The third-order valence-corrected chi connectivity index (χ3v) is 6.26. The molecule has 1 atom stereocenters. The van der Waals surface area contributed by atoms with Crippen LogP contribution in [0, 0.1) is 0 Å². The number of aromatic amines is 1. The Kier molecular flexibility index (Phi) is 5.56. The number of hydrogen-bond donors (Lipinski definition) is 3. The molecule has 1 aromatic heterocycles. The molecule has 178 valence electrons. The van der Waals surface area contributed by atoms with Crippen molar-refractivity contribution in [2.24, 2.45) is 0 Å². The highest BCUT2D eigenvalue weighted by atomic mass is 16.2. The lowest BCUT2D eigenvalue weighted by Gasteiger charge is -2.15. The highest BCUT2D eigenvalue weighted by molar-refractivity contribution is 6.22. The van der Waals surface area contributed by atoms with Crippen molar-refractivity contribution in [3.05, 3.63) is 99.3 Å². The number of H-pyrrole nitrogens is 1. The van der Waals surface area contributed by atoms with Crippen LogP contribution < -0.4 is 16.1 Å². The van der Waals surface area contributed by atoms with Gasteiger partial charge >= 0.3 is 0 Å². The standard InChI is InChI=1S/C28H21N3O5/c1-14(27(35)31-17-8-10-24-22(12-17)26(34)23(13-29-24)15(2)32)30-28(36)16-7-9-19-18-5-3-4-6-20(18)25(33)21(19)11-16/h3-14H,1-2H3,(H,29,34)(H,30,36)(H,31,35)/t14-/m0/s1. The van der Waals surface area contributed by atoms with Crippen molar-refractivity contribution in [3.63, 3.8) is 0 Å². The van der Waals surface area contributed by atoms with Crippen LogP contribution in [0.5, 0.6) is 0 Å². The first kappa shape index (κ1) is 22.9. The number of rotatable bonds is 5. The Balaban J connectivity index is 1.31. The lowest BCUT2D eigenvalue weighted by Crippen LogP contribution is -2.41. The van der Waals surface area contributed by atoms with Gasteiger partial charge in [0.25, 0.3) is 5.91 Å². The number of carbonyl (C=O) groups is 4. The van der Waals surface area contributed by atoms with Crippen LogP contribution in [-0.2, 0) is 4.79 Å². The Bertz CT molecular complexity index is 1670. The van der Waals surface area contributed by atoms with Crippen molar-refractivity contribution in [1.29, 1.82) is 0 Å². The highest BCUT2D eigenvalue weighted by Crippen LogP contribution is 2.36. The number of nitrogens with one attached hydrogen (secondary N) is 3. The predicted octanol–water partition coefficient (Wildman–Crippen LogP) is 3.70. The van der Waals surface area contributed by atoms with Gasteiger partial charge < -0.3 is 15.6 Å². The van der Waals surface area contributed by atoms with E-state index in [1.807, 2.05) is 12.1 Å². The maximum absolute atomic E-state index is 12.8. The topological polar surface area (TPSA) is 125 Å². The number of carbonyl (C=O) groups excluding carboxylic acids is 4. The van der Waals surface area contributed by atoms with E-state index in [9.17, 15) is 24.0 Å². The van der Waals surface area contributed by atoms with E-state index in [1.54, 1.807) is 42.5 Å². The van der Waals surface area contributed by atoms with Crippen molar-refractivity contribution in [2.75, 3.05) is 5.32 Å². The summed E-state index contributed by atoms with van der Waals surface area (Å²) in [6.07, 6.45) is 1.37. The van der Waals surface area contributed by atoms with Gasteiger partial charge in [0.05, 0.1) is 5.56 Å². The smallest absolute Gasteiger partial charge is 0.251 e. The Labute approximate surface area is 205 Å². The number of anilines is 1. The minimum absolute atomic E-state index is 0.0301. The van der Waals surface area contributed by atoms with Crippen LogP contribution >= 0.6 is 0 Å². The second kappa shape index (κ2) is 8.74. The van der Waals surface area contributed by atoms with Crippen LogP contribution in [0.15, 0.2) is 71.7 Å². The average Bonchev–Trinajstić information content (AvgIpc) is 3.15. The Morgan fingerprint density at radius 2 is 1.58 bits per heavy atom. The lowest BCUT2D eigenvalue weighted by molar-refractivity contribution is -0.117. The average molecular weight is 479 g/mol. The predicted molar refractivity (Wildman–Crippen MR) is 135 cm³/mol. The molecule has 0 bridgehead atoms. The van der Waals surface area contributed by atoms with Gasteiger partial charge in [-0.15, -0.1) is 0 Å². The summed E-state index contributed by atoms with van der Waals surface area (Å²) in [6.45, 7) is 2.84. The number of aromatic nitrogens is 1. The third kappa shape index (κ3) is 3.88. The minimum atomic E-state index is -0.906. The van der Waals surface area contributed by atoms with Crippen molar-refractivity contribution in [2.45, 2.75) is 19.9 Å². The van der Waals surface area contributed by atoms with Gasteiger partial charge in [0.15, 0.2) is 17.0 Å². The molecule has 0 saturated carbocycles. The van der Waals surface area contributed by atoms with Gasteiger partial charge in [0, 0.05) is 39.5 Å². The van der Waals surface area contributed by atoms with Crippen LogP contribution in [0.1, 0.15) is 50.5 Å². The van der Waals surface area contributed by atoms with Crippen LogP contribution in [-0.4, -0.2) is 34.4 Å². The summed E-state index contributed by atoms with van der Waals surface area (Å²) in [5.41, 5.74) is 3.40. The van der Waals surface area contributed by atoms with E-state index in [0.29, 0.717) is 22.3 Å². The highest BCUT2D eigenvalue weighted by Gasteiger charge is 2.27. The number of benzene rings is 3. The van der Waals surface area contributed by atoms with E-state index in [0.717, 1.165) is 11.1 Å². The molecule has 1 aliphatic carbocycles. The number of pyridine rings is 1. The van der Waals surface area contributed by atoms with Gasteiger partial charge in [-0.2, -0.15) is 0 Å². The molecule has 8 nitrogen and oxygen atoms in total. The molecular weight excluding hydrogens is 458 g/mol. The number of fused-ring (bicyclic) bond motifs is 4. The first-order valence-corrected chi connectivity index (χ1v) is 11.3. The Hall–Kier alpha value is -4.85. The second-order valence-corrected chi connectivity index (χ2v) is 8.67. The zero-order valence-electron chi connectivity index (χ0n) is 19.5. The first-order chi connectivity index (χ1) is 17.2. The van der Waals surface area contributed by atoms with Crippen LogP contribution in [0.3, 0.4) is 0 Å². The maximum atomic E-state index is 12.8. The van der Waals surface area contributed by atoms with E-state index < -0.39 is 23.3 Å². The van der Waals surface area contributed by atoms with E-state index in [2.05, 4.69) is 15.6 Å². The molecule has 3 N–H and O–H groups in total. The normalized spacial score (nSPS) is 12.6. The first-order valence-electron chi connectivity index (χ1n) is 11.3. The van der Waals surface area contributed by atoms with Gasteiger partial charge in [0.1, 0.15) is 6.04 Å². The van der Waals surface area contributed by atoms with Gasteiger partial charge in [-0.25, -0.2) is 0 Å². The maximum Gasteiger partial charge on any atom is 0.251 e. The monoisotopic (exact) mass is 479 g/mol. The summed E-state index contributed by atoms with van der Waals surface area (Å²) in [5.74, 6) is -1.49. The van der Waals surface area contributed by atoms with Crippen LogP contribution in [0.2, 0.25) is 0 Å². The fourth-order valence-corrected chi connectivity index (χ4v) is 4.32. The van der Waals surface area contributed by atoms with Crippen molar-refractivity contribution < 1.29 is 19.2 Å². The van der Waals surface area contributed by atoms with E-state index in [1.165, 1.54) is 26.1 Å². The van der Waals surface area contributed by atoms with Crippen molar-refractivity contribution in [3.8, 4) is 11.1 Å². The second-order valence-electron chi connectivity index (χ2n) is 8.67. The number of ketones is 2. The van der Waals surface area contributed by atoms with Gasteiger partial charge in [0.2, 0.25) is 5.91 Å². The zero-order valence-corrected chi connectivity index (χ0v) is 19.5. The van der Waals surface area contributed by atoms with Gasteiger partial charge in [-0.3, -0.25) is 24.0 Å². The van der Waals surface area contributed by atoms with Crippen molar-refractivity contribution >= 4 is 40.0 Å². The molecule has 0 aliphatic heterocycles. The molecule has 2 amide bonds. The number of hydrogen-bond acceptors (Lipinski definition) is 5. The molecule has 3 aromatic carbocycles. The summed E-state index contributed by atoms with van der Waals surface area (Å²) in [4.78, 5) is 65.5. The molecule has 36 heavy (non-hydrogen) atoms.